The van der Waals surface area contributed by atoms with Crippen LogP contribution in [0.4, 0.5) is 14.6 Å². The Morgan fingerprint density at radius 3 is 2.70 bits per heavy atom. The average molecular weight is 542 g/mol. The molecule has 2 fully saturated rings. The van der Waals surface area contributed by atoms with E-state index in [4.69, 9.17) is 15.6 Å². The molecule has 1 saturated carbocycles. The Bertz CT molecular complexity index is 1670. The van der Waals surface area contributed by atoms with Crippen molar-refractivity contribution in [1.82, 2.24) is 24.6 Å². The molecule has 0 bridgehead atoms. The molecule has 11 heteroatoms. The van der Waals surface area contributed by atoms with Crippen molar-refractivity contribution in [3.05, 3.63) is 72.1 Å². The molecule has 2 aliphatic rings. The molecule has 1 saturated heterocycles. The molecule has 0 unspecified atom stereocenters. The fraction of sp³-hybridized carbons (Fsp3) is 0.276. The number of allylic oxidation sites excluding steroid dienone is 1. The first-order chi connectivity index (χ1) is 19.4. The van der Waals surface area contributed by atoms with Gasteiger partial charge in [-0.2, -0.15) is 14.8 Å². The SMILES string of the molecule is N#C/C(=C/C1CC1)C(=O)N1CCC[C@@H]1Cn1nc(-c2ccc(Oc3cccc(F)c3F)cc2)c2c(N)ncnc21. The number of rotatable bonds is 7. The lowest BCUT2D eigenvalue weighted by atomic mass is 10.1. The van der Waals surface area contributed by atoms with Crippen LogP contribution in [-0.2, 0) is 11.3 Å². The number of ether oxygens (including phenoxy) is 1. The van der Waals surface area contributed by atoms with E-state index in [1.165, 1.54) is 18.5 Å². The number of fused-ring (bicyclic) bond motifs is 1. The summed E-state index contributed by atoms with van der Waals surface area (Å²) in [4.78, 5) is 23.5. The lowest BCUT2D eigenvalue weighted by molar-refractivity contribution is -0.127. The molecule has 3 heterocycles. The second-order valence-electron chi connectivity index (χ2n) is 9.99. The van der Waals surface area contributed by atoms with Gasteiger partial charge in [0.25, 0.3) is 5.91 Å². The van der Waals surface area contributed by atoms with Gasteiger partial charge in [-0.05, 0) is 68.0 Å². The van der Waals surface area contributed by atoms with Gasteiger partial charge in [0.05, 0.1) is 18.0 Å². The van der Waals surface area contributed by atoms with Gasteiger partial charge in [-0.3, -0.25) is 4.79 Å². The molecule has 0 spiro atoms. The summed E-state index contributed by atoms with van der Waals surface area (Å²) in [5.74, 6) is -1.63. The Labute approximate surface area is 228 Å². The van der Waals surface area contributed by atoms with Crippen LogP contribution in [0.3, 0.4) is 0 Å². The van der Waals surface area contributed by atoms with Crippen molar-refractivity contribution in [2.24, 2.45) is 5.92 Å². The van der Waals surface area contributed by atoms with Crippen LogP contribution < -0.4 is 10.5 Å². The number of benzene rings is 2. The van der Waals surface area contributed by atoms with Crippen LogP contribution in [0, 0.1) is 28.9 Å². The summed E-state index contributed by atoms with van der Waals surface area (Å²) >= 11 is 0. The van der Waals surface area contributed by atoms with Crippen LogP contribution in [0.15, 0.2) is 60.4 Å². The maximum absolute atomic E-state index is 14.0. The molecule has 0 radical (unpaired) electrons. The molecular formula is C29H25F2N7O2. The number of hydrogen-bond donors (Lipinski definition) is 1. The highest BCUT2D eigenvalue weighted by atomic mass is 19.2. The first kappa shape index (κ1) is 25.4. The molecule has 202 valence electrons. The largest absolute Gasteiger partial charge is 0.454 e. The first-order valence-corrected chi connectivity index (χ1v) is 13.0. The Morgan fingerprint density at radius 2 is 1.95 bits per heavy atom. The summed E-state index contributed by atoms with van der Waals surface area (Å²) in [6.45, 7) is 0.949. The van der Waals surface area contributed by atoms with Gasteiger partial charge in [-0.1, -0.05) is 12.1 Å². The molecule has 2 aromatic heterocycles. The third-order valence-corrected chi connectivity index (χ3v) is 7.23. The lowest BCUT2D eigenvalue weighted by Gasteiger charge is -2.24. The van der Waals surface area contributed by atoms with Crippen LogP contribution in [0.1, 0.15) is 25.7 Å². The van der Waals surface area contributed by atoms with Crippen LogP contribution >= 0.6 is 0 Å². The molecule has 6 rings (SSSR count). The Kier molecular flexibility index (Phi) is 6.59. The Hall–Kier alpha value is -4.85. The third kappa shape index (κ3) is 4.84. The molecule has 1 amide bonds. The van der Waals surface area contributed by atoms with Gasteiger partial charge < -0.3 is 15.4 Å². The summed E-state index contributed by atoms with van der Waals surface area (Å²) in [6.07, 6.45) is 6.79. The maximum Gasteiger partial charge on any atom is 0.264 e. The number of nitriles is 1. The molecule has 2 aromatic carbocycles. The fourth-order valence-corrected chi connectivity index (χ4v) is 5.03. The Balaban J connectivity index is 1.28. The summed E-state index contributed by atoms with van der Waals surface area (Å²) in [6, 6.07) is 12.4. The summed E-state index contributed by atoms with van der Waals surface area (Å²) in [5.41, 5.74) is 8.21. The van der Waals surface area contributed by atoms with E-state index >= 15 is 0 Å². The van der Waals surface area contributed by atoms with Crippen LogP contribution in [-0.4, -0.2) is 43.1 Å². The summed E-state index contributed by atoms with van der Waals surface area (Å²) < 4.78 is 34.8. The van der Waals surface area contributed by atoms with E-state index in [1.807, 2.05) is 0 Å². The second kappa shape index (κ2) is 10.4. The minimum Gasteiger partial charge on any atom is -0.454 e. The van der Waals surface area contributed by atoms with Crippen molar-refractivity contribution in [3.8, 4) is 28.8 Å². The highest BCUT2D eigenvalue weighted by Crippen LogP contribution is 2.34. The van der Waals surface area contributed by atoms with Crippen molar-refractivity contribution >= 4 is 22.8 Å². The monoisotopic (exact) mass is 541 g/mol. The predicted molar refractivity (Wildman–Crippen MR) is 143 cm³/mol. The van der Waals surface area contributed by atoms with Gasteiger partial charge in [0.2, 0.25) is 5.82 Å². The van der Waals surface area contributed by atoms with Crippen molar-refractivity contribution < 1.29 is 18.3 Å². The van der Waals surface area contributed by atoms with Gasteiger partial charge in [0.15, 0.2) is 17.2 Å². The molecule has 1 aliphatic heterocycles. The number of aromatic nitrogens is 4. The number of halogens is 2. The molecule has 1 atom stereocenters. The maximum atomic E-state index is 14.0. The van der Waals surface area contributed by atoms with E-state index in [2.05, 4.69) is 16.0 Å². The number of likely N-dealkylation sites (tertiary alicyclic amines) is 1. The number of amides is 1. The van der Waals surface area contributed by atoms with Gasteiger partial charge in [-0.25, -0.2) is 19.0 Å². The number of carbonyl (C=O) groups excluding carboxylic acids is 1. The lowest BCUT2D eigenvalue weighted by Crippen LogP contribution is -2.39. The number of carbonyl (C=O) groups is 1. The standard InChI is InChI=1S/C29H25F2N7O2/c30-22-4-1-5-23(25(22)31)40-21-10-8-18(9-11-21)26-24-27(33)34-16-35-28(24)38(36-26)15-20-3-2-12-37(20)29(39)19(14-32)13-17-6-7-17/h1,4-5,8-11,13,16-17,20H,2-3,6-7,12,15H2,(H2,33,34,35)/b19-13-/t20-/m1/s1. The molecule has 2 N–H and O–H groups in total. The third-order valence-electron chi connectivity index (χ3n) is 7.23. The smallest absolute Gasteiger partial charge is 0.264 e. The van der Waals surface area contributed by atoms with Crippen LogP contribution in [0.2, 0.25) is 0 Å². The highest BCUT2D eigenvalue weighted by molar-refractivity contribution is 5.99. The van der Waals surface area contributed by atoms with Crippen molar-refractivity contribution in [2.75, 3.05) is 12.3 Å². The minimum atomic E-state index is -1.06. The van der Waals surface area contributed by atoms with E-state index in [9.17, 15) is 18.8 Å². The number of anilines is 1. The highest BCUT2D eigenvalue weighted by Gasteiger charge is 2.33. The molecule has 9 nitrogen and oxygen atoms in total. The zero-order valence-corrected chi connectivity index (χ0v) is 21.4. The summed E-state index contributed by atoms with van der Waals surface area (Å²) in [7, 11) is 0. The van der Waals surface area contributed by atoms with E-state index in [1.54, 1.807) is 39.9 Å². The number of nitrogens with two attached hydrogens (primary N) is 1. The van der Waals surface area contributed by atoms with Gasteiger partial charge >= 0.3 is 0 Å². The Morgan fingerprint density at radius 1 is 1.15 bits per heavy atom. The van der Waals surface area contributed by atoms with Crippen LogP contribution in [0.5, 0.6) is 11.5 Å². The topological polar surface area (TPSA) is 123 Å². The quantitative estimate of drug-likeness (QED) is 0.258. The zero-order chi connectivity index (χ0) is 27.8. The van der Waals surface area contributed by atoms with Crippen molar-refractivity contribution in [3.63, 3.8) is 0 Å². The minimum absolute atomic E-state index is 0.160. The van der Waals surface area contributed by atoms with Crippen molar-refractivity contribution in [2.45, 2.75) is 38.3 Å². The molecule has 4 aromatic rings. The summed E-state index contributed by atoms with van der Waals surface area (Å²) in [5, 5.41) is 15.0. The van der Waals surface area contributed by atoms with E-state index in [0.29, 0.717) is 47.0 Å². The first-order valence-electron chi connectivity index (χ1n) is 13.0. The van der Waals surface area contributed by atoms with Crippen molar-refractivity contribution in [1.29, 1.82) is 5.26 Å². The van der Waals surface area contributed by atoms with Gasteiger partial charge in [-0.15, -0.1) is 0 Å². The average Bonchev–Trinajstić information content (AvgIpc) is 3.54. The molecule has 1 aliphatic carbocycles. The van der Waals surface area contributed by atoms with E-state index < -0.39 is 11.6 Å². The van der Waals surface area contributed by atoms with E-state index in [-0.39, 0.29) is 29.1 Å². The molecule has 40 heavy (non-hydrogen) atoms. The van der Waals surface area contributed by atoms with E-state index in [0.717, 1.165) is 31.7 Å². The fourth-order valence-electron chi connectivity index (χ4n) is 5.03. The zero-order valence-electron chi connectivity index (χ0n) is 21.4. The van der Waals surface area contributed by atoms with Crippen LogP contribution in [0.25, 0.3) is 22.3 Å². The predicted octanol–water partition coefficient (Wildman–Crippen LogP) is 5.00. The van der Waals surface area contributed by atoms with Gasteiger partial charge in [0, 0.05) is 12.1 Å². The number of nitrogen functional groups attached to an aromatic ring is 1. The normalized spacial score (nSPS) is 17.3. The molecular weight excluding hydrogens is 516 g/mol. The number of nitrogens with zero attached hydrogens (tertiary/aromatic N) is 6. The number of hydrogen-bond acceptors (Lipinski definition) is 7. The van der Waals surface area contributed by atoms with Gasteiger partial charge in [0.1, 0.15) is 35.2 Å². The second-order valence-corrected chi connectivity index (χ2v) is 9.99.